The number of hydrogen-bond donors (Lipinski definition) is 0. The van der Waals surface area contributed by atoms with Crippen LogP contribution in [0.3, 0.4) is 0 Å². The first kappa shape index (κ1) is 14.6. The number of likely N-dealkylation sites (tertiary alicyclic amines) is 1. The maximum atomic E-state index is 12.4. The lowest BCUT2D eigenvalue weighted by atomic mass is 10.1. The minimum absolute atomic E-state index is 0.00326. The van der Waals surface area contributed by atoms with Gasteiger partial charge in [0.25, 0.3) is 0 Å². The van der Waals surface area contributed by atoms with E-state index >= 15 is 0 Å². The monoisotopic (exact) mass is 301 g/mol. The van der Waals surface area contributed by atoms with E-state index in [4.69, 9.17) is 9.26 Å². The molecule has 1 aliphatic rings. The number of hydrogen-bond acceptors (Lipinski definition) is 5. The third-order valence-electron chi connectivity index (χ3n) is 3.93. The molecule has 1 unspecified atom stereocenters. The van der Waals surface area contributed by atoms with Crippen LogP contribution in [0.2, 0.25) is 0 Å². The van der Waals surface area contributed by atoms with Gasteiger partial charge in [0.05, 0.1) is 18.7 Å². The van der Waals surface area contributed by atoms with Gasteiger partial charge in [-0.3, -0.25) is 4.79 Å². The number of pyridine rings is 1. The molecule has 6 heteroatoms. The lowest BCUT2D eigenvalue weighted by Crippen LogP contribution is -2.32. The summed E-state index contributed by atoms with van der Waals surface area (Å²) in [6, 6.07) is 5.56. The van der Waals surface area contributed by atoms with Crippen LogP contribution in [0, 0.1) is 13.8 Å². The molecule has 0 N–H and O–H groups in total. The summed E-state index contributed by atoms with van der Waals surface area (Å²) in [7, 11) is 0. The van der Waals surface area contributed by atoms with Crippen LogP contribution in [-0.4, -0.2) is 40.1 Å². The topological polar surface area (TPSA) is 68.5 Å². The molecule has 1 aliphatic heterocycles. The molecular formula is C16H19N3O3. The third kappa shape index (κ3) is 3.10. The summed E-state index contributed by atoms with van der Waals surface area (Å²) >= 11 is 0. The van der Waals surface area contributed by atoms with E-state index in [9.17, 15) is 4.79 Å². The number of ether oxygens (including phenoxy) is 1. The van der Waals surface area contributed by atoms with Gasteiger partial charge in [0.15, 0.2) is 0 Å². The second kappa shape index (κ2) is 6.17. The molecule has 2 aromatic rings. The van der Waals surface area contributed by atoms with Crippen molar-refractivity contribution in [2.24, 2.45) is 0 Å². The second-order valence-corrected chi connectivity index (χ2v) is 5.52. The Morgan fingerprint density at radius 3 is 3.00 bits per heavy atom. The summed E-state index contributed by atoms with van der Waals surface area (Å²) < 4.78 is 10.9. The molecule has 3 heterocycles. The van der Waals surface area contributed by atoms with E-state index in [1.165, 1.54) is 0 Å². The molecule has 1 amide bonds. The second-order valence-electron chi connectivity index (χ2n) is 5.52. The highest BCUT2D eigenvalue weighted by Crippen LogP contribution is 2.19. The fraction of sp³-hybridized carbons (Fsp3) is 0.438. The van der Waals surface area contributed by atoms with Crippen molar-refractivity contribution in [1.82, 2.24) is 15.0 Å². The minimum Gasteiger partial charge on any atom is -0.472 e. The summed E-state index contributed by atoms with van der Waals surface area (Å²) in [6.07, 6.45) is 2.86. The zero-order chi connectivity index (χ0) is 15.5. The summed E-state index contributed by atoms with van der Waals surface area (Å²) in [6.45, 7) is 4.99. The van der Waals surface area contributed by atoms with Crippen molar-refractivity contribution in [1.29, 1.82) is 0 Å². The zero-order valence-electron chi connectivity index (χ0n) is 12.8. The first-order chi connectivity index (χ1) is 10.6. The van der Waals surface area contributed by atoms with Crippen molar-refractivity contribution in [3.63, 3.8) is 0 Å². The molecule has 0 aromatic carbocycles. The van der Waals surface area contributed by atoms with Crippen molar-refractivity contribution < 1.29 is 14.1 Å². The van der Waals surface area contributed by atoms with Crippen LogP contribution in [0.1, 0.15) is 23.4 Å². The Kier molecular flexibility index (Phi) is 4.09. The Balaban J connectivity index is 1.57. The van der Waals surface area contributed by atoms with Gasteiger partial charge >= 0.3 is 0 Å². The molecule has 22 heavy (non-hydrogen) atoms. The SMILES string of the molecule is Cc1noc(C)c1CC(=O)N1CCC(Oc2ccccn2)C1. The van der Waals surface area contributed by atoms with Gasteiger partial charge < -0.3 is 14.2 Å². The van der Waals surface area contributed by atoms with E-state index in [1.54, 1.807) is 6.20 Å². The molecule has 1 atom stereocenters. The van der Waals surface area contributed by atoms with Crippen LogP contribution in [0.15, 0.2) is 28.9 Å². The first-order valence-corrected chi connectivity index (χ1v) is 7.40. The van der Waals surface area contributed by atoms with Gasteiger partial charge in [-0.2, -0.15) is 0 Å². The number of carbonyl (C=O) groups is 1. The van der Waals surface area contributed by atoms with Crippen LogP contribution in [-0.2, 0) is 11.2 Å². The normalized spacial score (nSPS) is 17.7. The molecule has 0 spiro atoms. The van der Waals surface area contributed by atoms with Crippen molar-refractivity contribution in [3.05, 3.63) is 41.4 Å². The predicted molar refractivity (Wildman–Crippen MR) is 79.5 cm³/mol. The maximum absolute atomic E-state index is 12.4. The van der Waals surface area contributed by atoms with Crippen molar-refractivity contribution in [2.75, 3.05) is 13.1 Å². The molecule has 0 saturated carbocycles. The highest BCUT2D eigenvalue weighted by atomic mass is 16.5. The van der Waals surface area contributed by atoms with E-state index in [0.29, 0.717) is 31.2 Å². The van der Waals surface area contributed by atoms with Gasteiger partial charge in [-0.05, 0) is 19.9 Å². The maximum Gasteiger partial charge on any atom is 0.227 e. The van der Waals surface area contributed by atoms with Gasteiger partial charge in [0, 0.05) is 30.8 Å². The standard InChI is InChI=1S/C16H19N3O3/c1-11-14(12(2)22-18-11)9-16(20)19-8-6-13(10-19)21-15-5-3-4-7-17-15/h3-5,7,13H,6,8-10H2,1-2H3. The van der Waals surface area contributed by atoms with Gasteiger partial charge in [0.1, 0.15) is 11.9 Å². The third-order valence-corrected chi connectivity index (χ3v) is 3.93. The van der Waals surface area contributed by atoms with E-state index in [2.05, 4.69) is 10.1 Å². The molecule has 1 saturated heterocycles. The van der Waals surface area contributed by atoms with E-state index in [-0.39, 0.29) is 12.0 Å². The van der Waals surface area contributed by atoms with Crippen LogP contribution in [0.5, 0.6) is 5.88 Å². The Bertz CT molecular complexity index is 634. The summed E-state index contributed by atoms with van der Waals surface area (Å²) in [5.74, 6) is 1.40. The van der Waals surface area contributed by atoms with Crippen LogP contribution in [0.4, 0.5) is 0 Å². The van der Waals surface area contributed by atoms with Gasteiger partial charge in [-0.15, -0.1) is 0 Å². The van der Waals surface area contributed by atoms with Crippen molar-refractivity contribution in [2.45, 2.75) is 32.8 Å². The molecule has 1 fully saturated rings. The van der Waals surface area contributed by atoms with E-state index in [1.807, 2.05) is 36.9 Å². The highest BCUT2D eigenvalue weighted by molar-refractivity contribution is 5.79. The molecule has 0 bridgehead atoms. The van der Waals surface area contributed by atoms with E-state index in [0.717, 1.165) is 17.7 Å². The largest absolute Gasteiger partial charge is 0.472 e. The average Bonchev–Trinajstić information content (AvgIpc) is 3.10. The number of carbonyl (C=O) groups excluding carboxylic acids is 1. The first-order valence-electron chi connectivity index (χ1n) is 7.40. The van der Waals surface area contributed by atoms with Gasteiger partial charge in [-0.1, -0.05) is 11.2 Å². The quantitative estimate of drug-likeness (QED) is 0.863. The number of aryl methyl sites for hydroxylation is 2. The Morgan fingerprint density at radius 2 is 2.32 bits per heavy atom. The fourth-order valence-corrected chi connectivity index (χ4v) is 2.66. The lowest BCUT2D eigenvalue weighted by molar-refractivity contribution is -0.129. The molecule has 6 nitrogen and oxygen atoms in total. The molecular weight excluding hydrogens is 282 g/mol. The predicted octanol–water partition coefficient (Wildman–Crippen LogP) is 1.91. The minimum atomic E-state index is 0.00326. The Morgan fingerprint density at radius 1 is 1.45 bits per heavy atom. The summed E-state index contributed by atoms with van der Waals surface area (Å²) in [5, 5.41) is 3.89. The number of nitrogens with zero attached hydrogens (tertiary/aromatic N) is 3. The lowest BCUT2D eigenvalue weighted by Gasteiger charge is -2.17. The molecule has 0 aliphatic carbocycles. The van der Waals surface area contributed by atoms with Gasteiger partial charge in [0.2, 0.25) is 11.8 Å². The summed E-state index contributed by atoms with van der Waals surface area (Å²) in [5.41, 5.74) is 1.67. The highest BCUT2D eigenvalue weighted by Gasteiger charge is 2.28. The van der Waals surface area contributed by atoms with Crippen molar-refractivity contribution >= 4 is 5.91 Å². The smallest absolute Gasteiger partial charge is 0.227 e. The molecule has 0 radical (unpaired) electrons. The van der Waals surface area contributed by atoms with Crippen LogP contribution >= 0.6 is 0 Å². The molecule has 2 aromatic heterocycles. The Labute approximate surface area is 129 Å². The Hall–Kier alpha value is -2.37. The van der Waals surface area contributed by atoms with Crippen molar-refractivity contribution in [3.8, 4) is 5.88 Å². The van der Waals surface area contributed by atoms with Crippen LogP contribution < -0.4 is 4.74 Å². The summed E-state index contributed by atoms with van der Waals surface area (Å²) in [4.78, 5) is 18.4. The van der Waals surface area contributed by atoms with Crippen LogP contribution in [0.25, 0.3) is 0 Å². The molecule has 3 rings (SSSR count). The molecule has 116 valence electrons. The zero-order valence-corrected chi connectivity index (χ0v) is 12.8. The van der Waals surface area contributed by atoms with E-state index < -0.39 is 0 Å². The number of amides is 1. The number of rotatable bonds is 4. The fourth-order valence-electron chi connectivity index (χ4n) is 2.66. The average molecular weight is 301 g/mol. The van der Waals surface area contributed by atoms with Gasteiger partial charge in [-0.25, -0.2) is 4.98 Å². The number of aromatic nitrogens is 2.